The van der Waals surface area contributed by atoms with E-state index in [4.69, 9.17) is 0 Å². The van der Waals surface area contributed by atoms with E-state index in [1.54, 1.807) is 23.6 Å². The van der Waals surface area contributed by atoms with Crippen molar-refractivity contribution in [2.75, 3.05) is 5.32 Å². The molecule has 3 rings (SSSR count). The monoisotopic (exact) mass is 347 g/mol. The molecule has 2 aromatic carbocycles. The van der Waals surface area contributed by atoms with Crippen molar-refractivity contribution in [3.63, 3.8) is 0 Å². The highest BCUT2D eigenvalue weighted by atomic mass is 32.1. The van der Waals surface area contributed by atoms with Crippen molar-refractivity contribution in [2.45, 2.75) is 6.18 Å². The molecule has 0 fully saturated rings. The van der Waals surface area contributed by atoms with E-state index in [0.717, 1.165) is 10.8 Å². The lowest BCUT2D eigenvalue weighted by atomic mass is 10.1. The fourth-order valence-electron chi connectivity index (χ4n) is 2.29. The van der Waals surface area contributed by atoms with Gasteiger partial charge in [-0.15, -0.1) is 11.3 Å². The number of nitrogens with one attached hydrogen (secondary N) is 1. The maximum absolute atomic E-state index is 12.6. The van der Waals surface area contributed by atoms with Gasteiger partial charge >= 0.3 is 6.18 Å². The van der Waals surface area contributed by atoms with Gasteiger partial charge in [0.1, 0.15) is 0 Å². The highest BCUT2D eigenvalue weighted by Gasteiger charge is 2.37. The van der Waals surface area contributed by atoms with Crippen molar-refractivity contribution in [2.24, 2.45) is 0 Å². The van der Waals surface area contributed by atoms with Gasteiger partial charge in [-0.25, -0.2) is 0 Å². The molecule has 0 bridgehead atoms. The summed E-state index contributed by atoms with van der Waals surface area (Å²) in [6.07, 6.45) is -4.30. The standard InChI is InChI=1S/C18H12F3NOS/c19-18(20,21)17(23)11-15(16-9-4-10-24-16)22-14-8-3-6-12-5-1-2-7-13(12)14/h1-11,22H/b15-11-. The van der Waals surface area contributed by atoms with E-state index in [-0.39, 0.29) is 5.70 Å². The van der Waals surface area contributed by atoms with Crippen LogP contribution in [-0.2, 0) is 4.79 Å². The number of halogens is 3. The third-order valence-corrected chi connectivity index (χ3v) is 4.30. The number of carbonyl (C=O) groups excluding carboxylic acids is 1. The minimum atomic E-state index is -4.90. The molecular formula is C18H12F3NOS. The molecule has 3 aromatic rings. The second-order valence-corrected chi connectivity index (χ2v) is 6.00. The number of allylic oxidation sites excluding steroid dienone is 1. The van der Waals surface area contributed by atoms with E-state index >= 15 is 0 Å². The van der Waals surface area contributed by atoms with Crippen LogP contribution in [0.1, 0.15) is 4.88 Å². The summed E-state index contributed by atoms with van der Waals surface area (Å²) in [6.45, 7) is 0. The molecule has 24 heavy (non-hydrogen) atoms. The number of alkyl halides is 3. The molecular weight excluding hydrogens is 335 g/mol. The Labute approximate surface area is 140 Å². The first-order chi connectivity index (χ1) is 11.4. The van der Waals surface area contributed by atoms with Gasteiger partial charge in [0.25, 0.3) is 5.78 Å². The summed E-state index contributed by atoms with van der Waals surface area (Å²) in [5.41, 5.74) is 0.770. The van der Waals surface area contributed by atoms with Gasteiger partial charge in [-0.2, -0.15) is 13.2 Å². The normalized spacial score (nSPS) is 12.4. The van der Waals surface area contributed by atoms with Crippen LogP contribution in [0.5, 0.6) is 0 Å². The van der Waals surface area contributed by atoms with E-state index in [2.05, 4.69) is 5.32 Å². The van der Waals surface area contributed by atoms with E-state index in [0.29, 0.717) is 16.6 Å². The first-order valence-corrected chi connectivity index (χ1v) is 7.94. The molecule has 0 aliphatic carbocycles. The van der Waals surface area contributed by atoms with Crippen LogP contribution in [0.3, 0.4) is 0 Å². The lowest BCUT2D eigenvalue weighted by Crippen LogP contribution is -2.21. The smallest absolute Gasteiger partial charge is 0.354 e. The van der Waals surface area contributed by atoms with Crippen molar-refractivity contribution in [1.82, 2.24) is 0 Å². The number of fused-ring (bicyclic) bond motifs is 1. The van der Waals surface area contributed by atoms with Gasteiger partial charge in [0.05, 0.1) is 10.6 Å². The van der Waals surface area contributed by atoms with Crippen molar-refractivity contribution in [3.8, 4) is 0 Å². The minimum absolute atomic E-state index is 0.128. The Balaban J connectivity index is 2.04. The topological polar surface area (TPSA) is 29.1 Å². The Bertz CT molecular complexity index is 893. The number of carbonyl (C=O) groups is 1. The summed E-state index contributed by atoms with van der Waals surface area (Å²) in [5.74, 6) is -1.89. The Kier molecular flexibility index (Phi) is 4.40. The van der Waals surface area contributed by atoms with Crippen LogP contribution >= 0.6 is 11.3 Å². The number of thiophene rings is 1. The van der Waals surface area contributed by atoms with Crippen molar-refractivity contribution >= 4 is 39.3 Å². The molecule has 6 heteroatoms. The number of hydrogen-bond donors (Lipinski definition) is 1. The largest absolute Gasteiger partial charge is 0.454 e. The lowest BCUT2D eigenvalue weighted by molar-refractivity contribution is -0.165. The number of rotatable bonds is 4. The summed E-state index contributed by atoms with van der Waals surface area (Å²) in [6, 6.07) is 16.4. The van der Waals surface area contributed by atoms with E-state index in [1.807, 2.05) is 36.4 Å². The number of benzene rings is 2. The average molecular weight is 347 g/mol. The summed E-state index contributed by atoms with van der Waals surface area (Å²) in [7, 11) is 0. The summed E-state index contributed by atoms with van der Waals surface area (Å²) in [5, 5.41) is 6.54. The summed E-state index contributed by atoms with van der Waals surface area (Å²) >= 11 is 1.26. The third-order valence-electron chi connectivity index (χ3n) is 3.40. The predicted molar refractivity (Wildman–Crippen MR) is 90.9 cm³/mol. The highest BCUT2D eigenvalue weighted by Crippen LogP contribution is 2.29. The van der Waals surface area contributed by atoms with Gasteiger partial charge in [-0.05, 0) is 22.9 Å². The maximum Gasteiger partial charge on any atom is 0.454 e. The Morgan fingerprint density at radius 1 is 1.00 bits per heavy atom. The Morgan fingerprint density at radius 2 is 1.75 bits per heavy atom. The first kappa shape index (κ1) is 16.3. The molecule has 0 saturated carbocycles. The quantitative estimate of drug-likeness (QED) is 0.633. The SMILES string of the molecule is O=C(/C=C(\Nc1cccc2ccccc12)c1cccs1)C(F)(F)F. The van der Waals surface area contributed by atoms with Crippen LogP contribution in [0.25, 0.3) is 16.5 Å². The van der Waals surface area contributed by atoms with Crippen LogP contribution in [0.2, 0.25) is 0 Å². The number of hydrogen-bond acceptors (Lipinski definition) is 3. The molecule has 0 aliphatic heterocycles. The molecule has 0 amide bonds. The van der Waals surface area contributed by atoms with E-state index in [1.165, 1.54) is 11.3 Å². The van der Waals surface area contributed by atoms with Crippen LogP contribution in [-0.4, -0.2) is 12.0 Å². The number of ketones is 1. The zero-order valence-corrected chi connectivity index (χ0v) is 13.1. The van der Waals surface area contributed by atoms with Gasteiger partial charge in [0.2, 0.25) is 0 Å². The molecule has 1 heterocycles. The minimum Gasteiger partial charge on any atom is -0.354 e. The molecule has 122 valence electrons. The third kappa shape index (κ3) is 3.49. The lowest BCUT2D eigenvalue weighted by Gasteiger charge is -2.13. The number of anilines is 1. The van der Waals surface area contributed by atoms with E-state index in [9.17, 15) is 18.0 Å². The molecule has 0 saturated heterocycles. The second-order valence-electron chi connectivity index (χ2n) is 5.05. The highest BCUT2D eigenvalue weighted by molar-refractivity contribution is 7.11. The zero-order valence-electron chi connectivity index (χ0n) is 12.3. The van der Waals surface area contributed by atoms with Gasteiger partial charge in [-0.3, -0.25) is 4.79 Å². The summed E-state index contributed by atoms with van der Waals surface area (Å²) in [4.78, 5) is 11.9. The Hall–Kier alpha value is -2.60. The van der Waals surface area contributed by atoms with Crippen LogP contribution in [0, 0.1) is 0 Å². The van der Waals surface area contributed by atoms with Crippen LogP contribution in [0.4, 0.5) is 18.9 Å². The molecule has 0 radical (unpaired) electrons. The molecule has 0 aliphatic rings. The average Bonchev–Trinajstić information content (AvgIpc) is 3.08. The van der Waals surface area contributed by atoms with Crippen molar-refractivity contribution in [1.29, 1.82) is 0 Å². The van der Waals surface area contributed by atoms with Crippen LogP contribution < -0.4 is 5.32 Å². The van der Waals surface area contributed by atoms with Crippen molar-refractivity contribution in [3.05, 3.63) is 70.9 Å². The van der Waals surface area contributed by atoms with Gasteiger partial charge in [0.15, 0.2) is 0 Å². The van der Waals surface area contributed by atoms with Crippen molar-refractivity contribution < 1.29 is 18.0 Å². The molecule has 1 aromatic heterocycles. The maximum atomic E-state index is 12.6. The first-order valence-electron chi connectivity index (χ1n) is 7.06. The molecule has 0 atom stereocenters. The fourth-order valence-corrected chi connectivity index (χ4v) is 2.99. The molecule has 1 N–H and O–H groups in total. The van der Waals surface area contributed by atoms with Gasteiger partial charge < -0.3 is 5.32 Å². The Morgan fingerprint density at radius 3 is 2.46 bits per heavy atom. The fraction of sp³-hybridized carbons (Fsp3) is 0.0556. The molecule has 0 spiro atoms. The molecule has 0 unspecified atom stereocenters. The predicted octanol–water partition coefficient (Wildman–Crippen LogP) is 5.49. The van der Waals surface area contributed by atoms with Gasteiger partial charge in [-0.1, -0.05) is 42.5 Å². The van der Waals surface area contributed by atoms with E-state index < -0.39 is 12.0 Å². The zero-order chi connectivity index (χ0) is 17.2. The summed E-state index contributed by atoms with van der Waals surface area (Å²) < 4.78 is 37.9. The molecule has 2 nitrogen and oxygen atoms in total. The van der Waals surface area contributed by atoms with Crippen LogP contribution in [0.15, 0.2) is 66.1 Å². The second kappa shape index (κ2) is 6.49. The van der Waals surface area contributed by atoms with Gasteiger partial charge in [0, 0.05) is 17.1 Å².